The topological polar surface area (TPSA) is 120 Å². The predicted octanol–water partition coefficient (Wildman–Crippen LogP) is -1.48. The zero-order valence-electron chi connectivity index (χ0n) is 14.2. The maximum absolute atomic E-state index is 9.89. The summed E-state index contributed by atoms with van der Waals surface area (Å²) >= 11 is 0. The second kappa shape index (κ2) is 12.3. The SMILES string of the molecule is CC#CC#CC#CC#CCCC([CH]O)OC1O[C@H](CO)[C@@H](O)[C@H](O)[C@H]1O. The van der Waals surface area contributed by atoms with Gasteiger partial charge in [-0.05, 0) is 48.9 Å². The van der Waals surface area contributed by atoms with E-state index in [1.54, 1.807) is 6.92 Å². The van der Waals surface area contributed by atoms with E-state index in [0.29, 0.717) is 6.42 Å². The molecule has 0 aromatic rings. The second-order valence-electron chi connectivity index (χ2n) is 5.24. The van der Waals surface area contributed by atoms with Gasteiger partial charge in [0, 0.05) is 6.42 Å². The smallest absolute Gasteiger partial charge is 0.187 e. The fourth-order valence-electron chi connectivity index (χ4n) is 2.04. The highest BCUT2D eigenvalue weighted by Crippen LogP contribution is 2.24. The maximum atomic E-state index is 9.89. The Hall–Kier alpha value is -2.04. The molecule has 5 N–H and O–H groups in total. The van der Waals surface area contributed by atoms with Crippen LogP contribution < -0.4 is 0 Å². The molecule has 1 heterocycles. The third-order valence-electron chi connectivity index (χ3n) is 3.40. The fourth-order valence-corrected chi connectivity index (χ4v) is 2.04. The minimum absolute atomic E-state index is 0.271. The fraction of sp³-hybridized carbons (Fsp3) is 0.526. The van der Waals surface area contributed by atoms with Crippen molar-refractivity contribution in [2.24, 2.45) is 0 Å². The first kappa shape index (κ1) is 22.0. The van der Waals surface area contributed by atoms with Gasteiger partial charge in [0.2, 0.25) is 0 Å². The molecule has 139 valence electrons. The van der Waals surface area contributed by atoms with Gasteiger partial charge in [0.25, 0.3) is 0 Å². The van der Waals surface area contributed by atoms with Crippen LogP contribution in [0.3, 0.4) is 0 Å². The molecule has 1 fully saturated rings. The van der Waals surface area contributed by atoms with Crippen LogP contribution in [0.15, 0.2) is 0 Å². The lowest BCUT2D eigenvalue weighted by Gasteiger charge is -2.40. The largest absolute Gasteiger partial charge is 0.394 e. The monoisotopic (exact) mass is 361 g/mol. The summed E-state index contributed by atoms with van der Waals surface area (Å²) in [5, 5.41) is 47.7. The van der Waals surface area contributed by atoms with Crippen molar-refractivity contribution in [2.45, 2.75) is 56.6 Å². The quantitative estimate of drug-likeness (QED) is 0.366. The van der Waals surface area contributed by atoms with Crippen molar-refractivity contribution >= 4 is 0 Å². The van der Waals surface area contributed by atoms with E-state index in [-0.39, 0.29) is 6.42 Å². The minimum Gasteiger partial charge on any atom is -0.394 e. The van der Waals surface area contributed by atoms with Crippen molar-refractivity contribution in [2.75, 3.05) is 6.61 Å². The number of aliphatic hydroxyl groups is 5. The molecule has 0 aromatic carbocycles. The highest BCUT2D eigenvalue weighted by molar-refractivity contribution is 5.39. The van der Waals surface area contributed by atoms with E-state index >= 15 is 0 Å². The Morgan fingerprint density at radius 2 is 1.65 bits per heavy atom. The van der Waals surface area contributed by atoms with Gasteiger partial charge in [0.05, 0.1) is 12.7 Å². The third kappa shape index (κ3) is 7.06. The summed E-state index contributed by atoms with van der Waals surface area (Å²) in [5.74, 6) is 20.5. The van der Waals surface area contributed by atoms with Gasteiger partial charge in [-0.1, -0.05) is 11.8 Å². The summed E-state index contributed by atoms with van der Waals surface area (Å²) in [7, 11) is 0. The highest BCUT2D eigenvalue weighted by Gasteiger charge is 2.44. The molecule has 1 radical (unpaired) electrons. The summed E-state index contributed by atoms with van der Waals surface area (Å²) < 4.78 is 10.6. The number of hydrogen-bond acceptors (Lipinski definition) is 7. The Kier molecular flexibility index (Phi) is 10.4. The van der Waals surface area contributed by atoms with Crippen LogP contribution >= 0.6 is 0 Å². The Bertz CT molecular complexity index is 672. The summed E-state index contributed by atoms with van der Waals surface area (Å²) in [6.45, 7) is 1.88. The van der Waals surface area contributed by atoms with Gasteiger partial charge >= 0.3 is 0 Å². The van der Waals surface area contributed by atoms with Crippen molar-refractivity contribution in [3.05, 3.63) is 6.61 Å². The molecule has 0 aliphatic carbocycles. The van der Waals surface area contributed by atoms with Crippen molar-refractivity contribution in [3.63, 3.8) is 0 Å². The summed E-state index contributed by atoms with van der Waals surface area (Å²) in [6, 6.07) is 0. The molecule has 26 heavy (non-hydrogen) atoms. The van der Waals surface area contributed by atoms with Gasteiger partial charge in [0.1, 0.15) is 31.0 Å². The first-order valence-electron chi connectivity index (χ1n) is 7.88. The molecule has 0 amide bonds. The van der Waals surface area contributed by atoms with Gasteiger partial charge in [-0.15, -0.1) is 0 Å². The average molecular weight is 361 g/mol. The van der Waals surface area contributed by atoms with Crippen LogP contribution in [0, 0.1) is 54.0 Å². The second-order valence-corrected chi connectivity index (χ2v) is 5.24. The molecule has 0 spiro atoms. The lowest BCUT2D eigenvalue weighted by molar-refractivity contribution is -0.310. The van der Waals surface area contributed by atoms with E-state index in [1.807, 2.05) is 0 Å². The van der Waals surface area contributed by atoms with Gasteiger partial charge in [-0.2, -0.15) is 0 Å². The van der Waals surface area contributed by atoms with Crippen molar-refractivity contribution in [1.82, 2.24) is 0 Å². The van der Waals surface area contributed by atoms with Crippen molar-refractivity contribution in [1.29, 1.82) is 0 Å². The molecule has 7 heteroatoms. The van der Waals surface area contributed by atoms with E-state index in [4.69, 9.17) is 14.6 Å². The molecule has 1 saturated heterocycles. The van der Waals surface area contributed by atoms with Crippen LogP contribution in [0.5, 0.6) is 0 Å². The zero-order chi connectivity index (χ0) is 19.4. The first-order chi connectivity index (χ1) is 12.5. The van der Waals surface area contributed by atoms with Gasteiger partial charge in [-0.3, -0.25) is 0 Å². The van der Waals surface area contributed by atoms with Gasteiger partial charge < -0.3 is 35.0 Å². The molecular formula is C19H21O7. The van der Waals surface area contributed by atoms with Crippen molar-refractivity contribution in [3.8, 4) is 47.4 Å². The lowest BCUT2D eigenvalue weighted by Crippen LogP contribution is -2.59. The Labute approximate surface area is 152 Å². The molecule has 0 aromatic heterocycles. The summed E-state index contributed by atoms with van der Waals surface area (Å²) in [4.78, 5) is 0. The first-order valence-corrected chi connectivity index (χ1v) is 7.88. The number of hydrogen-bond donors (Lipinski definition) is 5. The lowest BCUT2D eigenvalue weighted by atomic mass is 9.99. The summed E-state index contributed by atoms with van der Waals surface area (Å²) in [5.41, 5.74) is 0. The number of rotatable bonds is 6. The van der Waals surface area contributed by atoms with Crippen LogP contribution in [-0.2, 0) is 9.47 Å². The van der Waals surface area contributed by atoms with Crippen molar-refractivity contribution < 1.29 is 35.0 Å². The molecular weight excluding hydrogens is 340 g/mol. The number of ether oxygens (including phenoxy) is 2. The summed E-state index contributed by atoms with van der Waals surface area (Å²) in [6.07, 6.45) is -7.17. The van der Waals surface area contributed by atoms with Crippen LogP contribution in [0.2, 0.25) is 0 Å². The molecule has 0 bridgehead atoms. The average Bonchev–Trinajstić information content (AvgIpc) is 2.65. The van der Waals surface area contributed by atoms with E-state index < -0.39 is 43.4 Å². The van der Waals surface area contributed by atoms with Crippen LogP contribution in [-0.4, -0.2) is 68.9 Å². The molecule has 6 atom stereocenters. The van der Waals surface area contributed by atoms with Crippen LogP contribution in [0.4, 0.5) is 0 Å². The Balaban J connectivity index is 2.52. The normalized spacial score (nSPS) is 28.0. The molecule has 1 aliphatic rings. The van der Waals surface area contributed by atoms with E-state index in [0.717, 1.165) is 6.61 Å². The predicted molar refractivity (Wildman–Crippen MR) is 90.9 cm³/mol. The third-order valence-corrected chi connectivity index (χ3v) is 3.40. The Morgan fingerprint density at radius 1 is 1.00 bits per heavy atom. The van der Waals surface area contributed by atoms with Crippen LogP contribution in [0.1, 0.15) is 19.8 Å². The molecule has 1 rings (SSSR count). The van der Waals surface area contributed by atoms with E-state index in [1.165, 1.54) is 0 Å². The van der Waals surface area contributed by atoms with Gasteiger partial charge in [-0.25, -0.2) is 0 Å². The molecule has 7 nitrogen and oxygen atoms in total. The minimum atomic E-state index is -1.54. The number of aliphatic hydroxyl groups excluding tert-OH is 5. The maximum Gasteiger partial charge on any atom is 0.187 e. The molecule has 0 saturated carbocycles. The standard InChI is InChI=1S/C19H21O7/c1-2-3-4-5-6-7-8-9-10-11-14(12-20)25-19-18(24)17(23)16(22)15(13-21)26-19/h12,14-24H,10-11,13H2,1H3/t14?,15-,16-,17+,18-,19?/m1/s1. The van der Waals surface area contributed by atoms with E-state index in [9.17, 15) is 20.4 Å². The molecule has 1 aliphatic heterocycles. The zero-order valence-corrected chi connectivity index (χ0v) is 14.2. The highest BCUT2D eigenvalue weighted by atomic mass is 16.7. The Morgan fingerprint density at radius 3 is 2.27 bits per heavy atom. The van der Waals surface area contributed by atoms with E-state index in [2.05, 4.69) is 47.4 Å². The van der Waals surface area contributed by atoms with Gasteiger partial charge in [0.15, 0.2) is 6.29 Å². The van der Waals surface area contributed by atoms with Crippen LogP contribution in [0.25, 0.3) is 0 Å². The molecule has 2 unspecified atom stereocenters.